The molecule has 0 atom stereocenters. The quantitative estimate of drug-likeness (QED) is 0.430. The average molecular weight is 342 g/mol. The lowest BCUT2D eigenvalue weighted by molar-refractivity contribution is -0.384. The number of unbranched alkanes of at least 4 members (excludes halogenated alkanes) is 1. The first-order chi connectivity index (χ1) is 12.1. The Bertz CT molecular complexity index is 717. The highest BCUT2D eigenvalue weighted by Gasteiger charge is 2.13. The van der Waals surface area contributed by atoms with Crippen LogP contribution in [0.2, 0.25) is 0 Å². The zero-order valence-electron chi connectivity index (χ0n) is 14.2. The summed E-state index contributed by atoms with van der Waals surface area (Å²) in [7, 11) is 0. The number of nitro groups is 1. The van der Waals surface area contributed by atoms with E-state index in [2.05, 4.69) is 12.2 Å². The summed E-state index contributed by atoms with van der Waals surface area (Å²) in [6, 6.07) is 14.1. The van der Waals surface area contributed by atoms with Crippen LogP contribution in [0.5, 0.6) is 5.75 Å². The smallest absolute Gasteiger partial charge is 0.269 e. The number of nitrogens with zero attached hydrogens (tertiary/aromatic N) is 1. The molecule has 1 N–H and O–H groups in total. The average Bonchev–Trinajstić information content (AvgIpc) is 2.61. The van der Waals surface area contributed by atoms with Crippen LogP contribution in [0, 0.1) is 10.1 Å². The van der Waals surface area contributed by atoms with Gasteiger partial charge in [0, 0.05) is 30.7 Å². The Morgan fingerprint density at radius 3 is 2.64 bits per heavy atom. The van der Waals surface area contributed by atoms with Crippen LogP contribution in [0.25, 0.3) is 0 Å². The number of nitrogens with one attached hydrogen (secondary N) is 1. The van der Waals surface area contributed by atoms with Crippen molar-refractivity contribution in [3.05, 3.63) is 69.8 Å². The maximum absolute atomic E-state index is 11.8. The second kappa shape index (κ2) is 9.42. The van der Waals surface area contributed by atoms with Gasteiger partial charge in [0.05, 0.1) is 4.92 Å². The van der Waals surface area contributed by atoms with Crippen molar-refractivity contribution in [2.45, 2.75) is 26.2 Å². The summed E-state index contributed by atoms with van der Waals surface area (Å²) in [5.41, 5.74) is 1.70. The maximum Gasteiger partial charge on any atom is 0.269 e. The fraction of sp³-hybridized carbons (Fsp3) is 0.316. The summed E-state index contributed by atoms with van der Waals surface area (Å²) in [6.45, 7) is 2.56. The number of rotatable bonds is 9. The van der Waals surface area contributed by atoms with E-state index >= 15 is 0 Å². The van der Waals surface area contributed by atoms with Gasteiger partial charge < -0.3 is 10.1 Å². The van der Waals surface area contributed by atoms with E-state index in [1.54, 1.807) is 6.07 Å². The molecule has 0 aliphatic rings. The predicted molar refractivity (Wildman–Crippen MR) is 95.8 cm³/mol. The minimum atomic E-state index is -0.435. The predicted octanol–water partition coefficient (Wildman–Crippen LogP) is 3.48. The number of carbonyl (C=O) groups excluding carboxylic acids is 1. The Labute approximate surface area is 147 Å². The number of hydrogen-bond donors (Lipinski definition) is 1. The molecule has 0 bridgehead atoms. The topological polar surface area (TPSA) is 81.5 Å². The van der Waals surface area contributed by atoms with E-state index < -0.39 is 4.92 Å². The molecule has 2 rings (SSSR count). The highest BCUT2D eigenvalue weighted by atomic mass is 16.6. The van der Waals surface area contributed by atoms with E-state index in [9.17, 15) is 14.9 Å². The third-order valence-electron chi connectivity index (χ3n) is 3.70. The second-order valence-corrected chi connectivity index (χ2v) is 5.70. The number of carbonyl (C=O) groups is 1. The van der Waals surface area contributed by atoms with E-state index in [1.807, 2.05) is 30.3 Å². The van der Waals surface area contributed by atoms with Crippen LogP contribution in [0.4, 0.5) is 5.69 Å². The summed E-state index contributed by atoms with van der Waals surface area (Å²) in [4.78, 5) is 22.4. The van der Waals surface area contributed by atoms with Gasteiger partial charge in [0.15, 0.2) is 6.61 Å². The third-order valence-corrected chi connectivity index (χ3v) is 3.70. The first kappa shape index (κ1) is 18.4. The van der Waals surface area contributed by atoms with Gasteiger partial charge in [-0.25, -0.2) is 0 Å². The summed E-state index contributed by atoms with van der Waals surface area (Å²) in [5, 5.41) is 13.8. The zero-order valence-corrected chi connectivity index (χ0v) is 14.2. The lowest BCUT2D eigenvalue weighted by Crippen LogP contribution is -2.29. The molecule has 0 unspecified atom stereocenters. The van der Waals surface area contributed by atoms with Crippen molar-refractivity contribution in [3.63, 3.8) is 0 Å². The first-order valence-corrected chi connectivity index (χ1v) is 8.31. The number of ether oxygens (including phenoxy) is 1. The third kappa shape index (κ3) is 5.91. The summed E-state index contributed by atoms with van der Waals surface area (Å²) < 4.78 is 5.60. The zero-order chi connectivity index (χ0) is 18.1. The van der Waals surface area contributed by atoms with Crippen molar-refractivity contribution in [2.24, 2.45) is 0 Å². The van der Waals surface area contributed by atoms with Gasteiger partial charge in [-0.05, 0) is 18.1 Å². The first-order valence-electron chi connectivity index (χ1n) is 8.31. The van der Waals surface area contributed by atoms with E-state index in [-0.39, 0.29) is 18.2 Å². The van der Waals surface area contributed by atoms with Crippen LogP contribution < -0.4 is 10.1 Å². The van der Waals surface area contributed by atoms with Crippen LogP contribution in [-0.2, 0) is 11.2 Å². The van der Waals surface area contributed by atoms with Crippen LogP contribution in [-0.4, -0.2) is 24.0 Å². The fourth-order valence-corrected chi connectivity index (χ4v) is 2.37. The van der Waals surface area contributed by atoms with E-state index in [0.717, 1.165) is 18.4 Å². The summed E-state index contributed by atoms with van der Waals surface area (Å²) in [5.74, 6) is 0.289. The van der Waals surface area contributed by atoms with Crippen molar-refractivity contribution in [1.29, 1.82) is 0 Å². The lowest BCUT2D eigenvalue weighted by atomic mass is 10.0. The van der Waals surface area contributed by atoms with E-state index in [0.29, 0.717) is 24.3 Å². The fourth-order valence-electron chi connectivity index (χ4n) is 2.37. The maximum atomic E-state index is 11.8. The molecule has 0 aromatic heterocycles. The standard InChI is InChI=1S/C19H22N2O4/c1-2-3-11-20-19(22)14-25-18-10-9-17(21(23)24)13-16(18)12-15-7-5-4-6-8-15/h4-10,13H,2-3,11-12,14H2,1H3,(H,20,22). The monoisotopic (exact) mass is 342 g/mol. The van der Waals surface area contributed by atoms with Crippen LogP contribution >= 0.6 is 0 Å². The Hall–Kier alpha value is -2.89. The molecule has 25 heavy (non-hydrogen) atoms. The van der Waals surface area contributed by atoms with Gasteiger partial charge in [-0.2, -0.15) is 0 Å². The van der Waals surface area contributed by atoms with Crippen molar-refractivity contribution < 1.29 is 14.5 Å². The summed E-state index contributed by atoms with van der Waals surface area (Å²) >= 11 is 0. The Morgan fingerprint density at radius 1 is 1.20 bits per heavy atom. The number of non-ortho nitro benzene ring substituents is 1. The number of benzene rings is 2. The molecule has 0 aliphatic carbocycles. The molecule has 0 aliphatic heterocycles. The summed E-state index contributed by atoms with van der Waals surface area (Å²) in [6.07, 6.45) is 2.42. The SMILES string of the molecule is CCCCNC(=O)COc1ccc([N+](=O)[O-])cc1Cc1ccccc1. The minimum Gasteiger partial charge on any atom is -0.483 e. The molecule has 2 aromatic carbocycles. The molecular weight excluding hydrogens is 320 g/mol. The van der Waals surface area contributed by atoms with Gasteiger partial charge in [0.25, 0.3) is 11.6 Å². The van der Waals surface area contributed by atoms with Crippen molar-refractivity contribution in [3.8, 4) is 5.75 Å². The Morgan fingerprint density at radius 2 is 1.96 bits per heavy atom. The van der Waals surface area contributed by atoms with Gasteiger partial charge >= 0.3 is 0 Å². The normalized spacial score (nSPS) is 10.3. The van der Waals surface area contributed by atoms with Gasteiger partial charge in [0.2, 0.25) is 0 Å². The van der Waals surface area contributed by atoms with Crippen molar-refractivity contribution >= 4 is 11.6 Å². The largest absolute Gasteiger partial charge is 0.483 e. The molecule has 0 saturated carbocycles. The van der Waals surface area contributed by atoms with Gasteiger partial charge in [-0.3, -0.25) is 14.9 Å². The van der Waals surface area contributed by atoms with E-state index in [1.165, 1.54) is 12.1 Å². The van der Waals surface area contributed by atoms with Crippen molar-refractivity contribution in [2.75, 3.05) is 13.2 Å². The minimum absolute atomic E-state index is 0.00526. The van der Waals surface area contributed by atoms with Gasteiger partial charge in [0.1, 0.15) is 5.75 Å². The molecular formula is C19H22N2O4. The molecule has 2 aromatic rings. The van der Waals surface area contributed by atoms with E-state index in [4.69, 9.17) is 4.74 Å². The van der Waals surface area contributed by atoms with Crippen LogP contribution in [0.3, 0.4) is 0 Å². The van der Waals surface area contributed by atoms with Crippen LogP contribution in [0.1, 0.15) is 30.9 Å². The second-order valence-electron chi connectivity index (χ2n) is 5.70. The molecule has 0 heterocycles. The molecule has 6 nitrogen and oxygen atoms in total. The number of nitro benzene ring substituents is 1. The molecule has 0 spiro atoms. The van der Waals surface area contributed by atoms with Crippen LogP contribution in [0.15, 0.2) is 48.5 Å². The van der Waals surface area contributed by atoms with Gasteiger partial charge in [-0.15, -0.1) is 0 Å². The molecule has 0 saturated heterocycles. The molecule has 6 heteroatoms. The molecule has 0 fully saturated rings. The number of hydrogen-bond acceptors (Lipinski definition) is 4. The molecule has 132 valence electrons. The molecule has 1 amide bonds. The van der Waals surface area contributed by atoms with Crippen molar-refractivity contribution in [1.82, 2.24) is 5.32 Å². The molecule has 0 radical (unpaired) electrons. The Balaban J connectivity index is 2.10. The lowest BCUT2D eigenvalue weighted by Gasteiger charge is -2.12. The number of amides is 1. The Kier molecular flexibility index (Phi) is 6.95. The highest BCUT2D eigenvalue weighted by Crippen LogP contribution is 2.26. The van der Waals surface area contributed by atoms with Gasteiger partial charge in [-0.1, -0.05) is 43.7 Å². The highest BCUT2D eigenvalue weighted by molar-refractivity contribution is 5.77.